The van der Waals surface area contributed by atoms with Gasteiger partial charge in [-0.1, -0.05) is 30.3 Å². The highest BCUT2D eigenvalue weighted by molar-refractivity contribution is 7.89. The molecule has 0 atom stereocenters. The van der Waals surface area contributed by atoms with Gasteiger partial charge in [-0.25, -0.2) is 8.42 Å². The Morgan fingerprint density at radius 1 is 1.08 bits per heavy atom. The minimum Gasteiger partial charge on any atom is -0.424 e. The first-order chi connectivity index (χ1) is 12.0. The van der Waals surface area contributed by atoms with Crippen molar-refractivity contribution in [2.75, 3.05) is 31.9 Å². The van der Waals surface area contributed by atoms with Crippen molar-refractivity contribution in [1.82, 2.24) is 19.4 Å². The van der Waals surface area contributed by atoms with Gasteiger partial charge in [-0.05, 0) is 18.4 Å². The van der Waals surface area contributed by atoms with Crippen LogP contribution in [-0.4, -0.2) is 59.8 Å². The van der Waals surface area contributed by atoms with Gasteiger partial charge in [0.1, 0.15) is 0 Å². The zero-order chi connectivity index (χ0) is 17.7. The Bertz CT molecular complexity index is 768. The van der Waals surface area contributed by atoms with Gasteiger partial charge in [0.05, 0.1) is 12.3 Å². The number of rotatable bonds is 7. The third-order valence-corrected chi connectivity index (χ3v) is 6.32. The molecule has 1 saturated heterocycles. The molecule has 0 unspecified atom stereocenters. The van der Waals surface area contributed by atoms with Crippen molar-refractivity contribution in [2.24, 2.45) is 0 Å². The summed E-state index contributed by atoms with van der Waals surface area (Å²) in [6, 6.07) is 9.99. The maximum Gasteiger partial charge on any atom is 0.230 e. The third-order valence-electron chi connectivity index (χ3n) is 4.36. The van der Waals surface area contributed by atoms with E-state index in [1.54, 1.807) is 11.2 Å². The Morgan fingerprint density at radius 2 is 1.80 bits per heavy atom. The minimum atomic E-state index is -3.19. The number of hydrogen-bond donors (Lipinski definition) is 0. The van der Waals surface area contributed by atoms with Crippen molar-refractivity contribution in [1.29, 1.82) is 0 Å². The second kappa shape index (κ2) is 8.07. The molecule has 0 amide bonds. The van der Waals surface area contributed by atoms with Crippen LogP contribution in [0.3, 0.4) is 0 Å². The molecule has 0 bridgehead atoms. The third kappa shape index (κ3) is 5.10. The molecule has 7 nitrogen and oxygen atoms in total. The van der Waals surface area contributed by atoms with E-state index >= 15 is 0 Å². The number of aryl methyl sites for hydroxylation is 2. The van der Waals surface area contributed by atoms with E-state index in [4.69, 9.17) is 4.42 Å². The van der Waals surface area contributed by atoms with Crippen molar-refractivity contribution in [3.63, 3.8) is 0 Å². The molecule has 1 aromatic carbocycles. The Kier molecular flexibility index (Phi) is 5.82. The fourth-order valence-corrected chi connectivity index (χ4v) is 4.48. The lowest BCUT2D eigenvalue weighted by Gasteiger charge is -2.33. The lowest BCUT2D eigenvalue weighted by atomic mass is 10.1. The van der Waals surface area contributed by atoms with Crippen LogP contribution in [0.2, 0.25) is 0 Å². The average Bonchev–Trinajstić information content (AvgIpc) is 3.01. The first kappa shape index (κ1) is 18.0. The molecule has 0 radical (unpaired) electrons. The maximum atomic E-state index is 12.5. The van der Waals surface area contributed by atoms with Crippen LogP contribution < -0.4 is 0 Å². The molecular weight excluding hydrogens is 340 g/mol. The van der Waals surface area contributed by atoms with E-state index in [1.807, 2.05) is 30.3 Å². The van der Waals surface area contributed by atoms with Crippen LogP contribution in [-0.2, 0) is 23.0 Å². The summed E-state index contributed by atoms with van der Waals surface area (Å²) in [7, 11) is -3.19. The van der Waals surface area contributed by atoms with Gasteiger partial charge in [-0.3, -0.25) is 4.90 Å². The standard InChI is InChI=1S/C17H24N4O3S/c1-15-18-19-17(24-15)14-20-9-11-21(12-10-20)25(22,23)13-5-8-16-6-3-2-4-7-16/h2-4,6-7H,5,8-14H2,1H3. The van der Waals surface area contributed by atoms with E-state index in [9.17, 15) is 8.42 Å². The van der Waals surface area contributed by atoms with Gasteiger partial charge < -0.3 is 4.42 Å². The van der Waals surface area contributed by atoms with Crippen molar-refractivity contribution in [3.8, 4) is 0 Å². The van der Waals surface area contributed by atoms with E-state index in [1.165, 1.54) is 5.56 Å². The second-order valence-corrected chi connectivity index (χ2v) is 8.38. The zero-order valence-electron chi connectivity index (χ0n) is 14.5. The fourth-order valence-electron chi connectivity index (χ4n) is 2.99. The second-order valence-electron chi connectivity index (χ2n) is 6.30. The highest BCUT2D eigenvalue weighted by Gasteiger charge is 2.27. The SMILES string of the molecule is Cc1nnc(CN2CCN(S(=O)(=O)CCCc3ccccc3)CC2)o1. The van der Waals surface area contributed by atoms with E-state index in [-0.39, 0.29) is 5.75 Å². The van der Waals surface area contributed by atoms with Crippen LogP contribution in [0, 0.1) is 6.92 Å². The van der Waals surface area contributed by atoms with Gasteiger partial charge in [-0.2, -0.15) is 4.31 Å². The van der Waals surface area contributed by atoms with Crippen LogP contribution in [0.15, 0.2) is 34.7 Å². The number of nitrogens with zero attached hydrogens (tertiary/aromatic N) is 4. The van der Waals surface area contributed by atoms with Crippen LogP contribution >= 0.6 is 0 Å². The molecule has 2 heterocycles. The number of sulfonamides is 1. The Hall–Kier alpha value is -1.77. The Balaban J connectivity index is 1.44. The van der Waals surface area contributed by atoms with Crippen LogP contribution in [0.25, 0.3) is 0 Å². The highest BCUT2D eigenvalue weighted by atomic mass is 32.2. The topological polar surface area (TPSA) is 79.5 Å². The molecule has 0 spiro atoms. The quantitative estimate of drug-likeness (QED) is 0.740. The van der Waals surface area contributed by atoms with Crippen molar-refractivity contribution >= 4 is 10.0 Å². The Morgan fingerprint density at radius 3 is 2.44 bits per heavy atom. The van der Waals surface area contributed by atoms with Crippen LogP contribution in [0.5, 0.6) is 0 Å². The summed E-state index contributed by atoms with van der Waals surface area (Å²) >= 11 is 0. The molecule has 0 aliphatic carbocycles. The lowest BCUT2D eigenvalue weighted by molar-refractivity contribution is 0.167. The predicted molar refractivity (Wildman–Crippen MR) is 94.4 cm³/mol. The van der Waals surface area contributed by atoms with Crippen molar-refractivity contribution in [2.45, 2.75) is 26.3 Å². The molecule has 0 saturated carbocycles. The van der Waals surface area contributed by atoms with Gasteiger partial charge in [0.15, 0.2) is 0 Å². The van der Waals surface area contributed by atoms with Gasteiger partial charge in [0.2, 0.25) is 21.8 Å². The van der Waals surface area contributed by atoms with E-state index in [0.29, 0.717) is 50.9 Å². The molecular formula is C17H24N4O3S. The summed E-state index contributed by atoms with van der Waals surface area (Å²) in [6.07, 6.45) is 1.43. The minimum absolute atomic E-state index is 0.199. The summed E-state index contributed by atoms with van der Waals surface area (Å²) in [5.41, 5.74) is 1.18. The number of piperazine rings is 1. The summed E-state index contributed by atoms with van der Waals surface area (Å²) in [5.74, 6) is 1.33. The molecule has 0 N–H and O–H groups in total. The molecule has 1 aliphatic rings. The van der Waals surface area contributed by atoms with Gasteiger partial charge in [0, 0.05) is 33.1 Å². The summed E-state index contributed by atoms with van der Waals surface area (Å²) in [5, 5.41) is 7.80. The molecule has 8 heteroatoms. The van der Waals surface area contributed by atoms with E-state index < -0.39 is 10.0 Å². The summed E-state index contributed by atoms with van der Waals surface area (Å²) in [6.45, 7) is 4.72. The smallest absolute Gasteiger partial charge is 0.230 e. The van der Waals surface area contributed by atoms with E-state index in [2.05, 4.69) is 15.1 Å². The van der Waals surface area contributed by atoms with Gasteiger partial charge in [-0.15, -0.1) is 10.2 Å². The summed E-state index contributed by atoms with van der Waals surface area (Å²) in [4.78, 5) is 2.14. The molecule has 1 fully saturated rings. The summed E-state index contributed by atoms with van der Waals surface area (Å²) < 4.78 is 32.0. The fraction of sp³-hybridized carbons (Fsp3) is 0.529. The Labute approximate surface area is 148 Å². The monoisotopic (exact) mass is 364 g/mol. The zero-order valence-corrected chi connectivity index (χ0v) is 15.3. The molecule has 25 heavy (non-hydrogen) atoms. The van der Waals surface area contributed by atoms with E-state index in [0.717, 1.165) is 6.42 Å². The van der Waals surface area contributed by atoms with Gasteiger partial charge >= 0.3 is 0 Å². The first-order valence-corrected chi connectivity index (χ1v) is 10.2. The molecule has 136 valence electrons. The van der Waals surface area contributed by atoms with Gasteiger partial charge in [0.25, 0.3) is 0 Å². The average molecular weight is 364 g/mol. The largest absolute Gasteiger partial charge is 0.424 e. The lowest BCUT2D eigenvalue weighted by Crippen LogP contribution is -2.48. The normalized spacial score (nSPS) is 17.0. The predicted octanol–water partition coefficient (Wildman–Crippen LogP) is 1.46. The molecule has 1 aromatic heterocycles. The molecule has 2 aromatic rings. The van der Waals surface area contributed by atoms with Crippen LogP contribution in [0.4, 0.5) is 0 Å². The molecule has 3 rings (SSSR count). The first-order valence-electron chi connectivity index (χ1n) is 8.56. The number of hydrogen-bond acceptors (Lipinski definition) is 6. The van der Waals surface area contributed by atoms with Crippen molar-refractivity contribution < 1.29 is 12.8 Å². The molecule has 1 aliphatic heterocycles. The maximum absolute atomic E-state index is 12.5. The number of aromatic nitrogens is 2. The highest BCUT2D eigenvalue weighted by Crippen LogP contribution is 2.13. The number of benzene rings is 1. The van der Waals surface area contributed by atoms with Crippen molar-refractivity contribution in [3.05, 3.63) is 47.7 Å². The van der Waals surface area contributed by atoms with Crippen LogP contribution in [0.1, 0.15) is 23.8 Å².